The van der Waals surface area contributed by atoms with Crippen LogP contribution >= 0.6 is 11.8 Å². The molecule has 3 aromatic carbocycles. The number of carboxylic acids is 1. The van der Waals surface area contributed by atoms with E-state index in [2.05, 4.69) is 10.6 Å². The Morgan fingerprint density at radius 2 is 1.28 bits per heavy atom. The second-order valence-corrected chi connectivity index (χ2v) is 16.9. The Balaban J connectivity index is 1.80. The second-order valence-electron chi connectivity index (χ2n) is 15.7. The molecule has 3 aromatic rings. The minimum atomic E-state index is -1.98. The minimum absolute atomic E-state index is 0.0207. The fourth-order valence-electron chi connectivity index (χ4n) is 6.69. The van der Waals surface area contributed by atoms with Crippen molar-refractivity contribution in [2.24, 2.45) is 5.92 Å². The standard InChI is InChI=1S/C40H52BN3O9S/c1-37(2,3)52-35(48)42-32(26-54-40(29-16-10-7-11-17-29,30-18-12-8-13-19-30)31-20-14-9-15-21-31)33(45)44-25-28(22-23-41(50)51)24-39(27-44,34(46)47)43-36(49)53-38(4,5)6/h7-21,28,32,50-51H,22-27H2,1-6H3,(H,42,48)(H,43,49)(H,46,47)/t28-,32?,39+/m0/s1. The van der Waals surface area contributed by atoms with E-state index in [1.54, 1.807) is 41.5 Å². The van der Waals surface area contributed by atoms with Crippen LogP contribution in [0.3, 0.4) is 0 Å². The van der Waals surface area contributed by atoms with Crippen molar-refractivity contribution in [3.63, 3.8) is 0 Å². The molecule has 1 fully saturated rings. The molecule has 0 aromatic heterocycles. The first kappa shape index (κ1) is 42.2. The highest BCUT2D eigenvalue weighted by molar-refractivity contribution is 8.00. The maximum absolute atomic E-state index is 14.8. The van der Waals surface area contributed by atoms with Gasteiger partial charge < -0.3 is 40.2 Å². The van der Waals surface area contributed by atoms with Gasteiger partial charge in [-0.1, -0.05) is 97.4 Å². The number of carbonyl (C=O) groups excluding carboxylic acids is 3. The third-order valence-electron chi connectivity index (χ3n) is 8.87. The number of nitrogens with zero attached hydrogens (tertiary/aromatic N) is 1. The topological polar surface area (TPSA) is 175 Å². The fourth-order valence-corrected chi connectivity index (χ4v) is 8.24. The van der Waals surface area contributed by atoms with E-state index in [0.29, 0.717) is 0 Å². The number of ether oxygens (including phenoxy) is 2. The summed E-state index contributed by atoms with van der Waals surface area (Å²) in [4.78, 5) is 55.7. The molecule has 0 aliphatic carbocycles. The summed E-state index contributed by atoms with van der Waals surface area (Å²) in [5.41, 5.74) is -0.998. The van der Waals surface area contributed by atoms with Crippen molar-refractivity contribution in [1.29, 1.82) is 0 Å². The van der Waals surface area contributed by atoms with Crippen LogP contribution in [0.25, 0.3) is 0 Å². The van der Waals surface area contributed by atoms with Gasteiger partial charge in [-0.05, 0) is 76.9 Å². The Bertz CT molecular complexity index is 1620. The summed E-state index contributed by atoms with van der Waals surface area (Å²) in [7, 11) is -1.66. The van der Waals surface area contributed by atoms with Gasteiger partial charge in [0.2, 0.25) is 5.91 Å². The van der Waals surface area contributed by atoms with Gasteiger partial charge in [0, 0.05) is 12.3 Å². The number of carbonyl (C=O) groups is 4. The summed E-state index contributed by atoms with van der Waals surface area (Å²) < 4.78 is 10.2. The summed E-state index contributed by atoms with van der Waals surface area (Å²) >= 11 is 1.44. The maximum atomic E-state index is 14.8. The molecule has 1 heterocycles. The van der Waals surface area contributed by atoms with Crippen molar-refractivity contribution in [2.75, 3.05) is 18.8 Å². The molecule has 0 saturated carbocycles. The Labute approximate surface area is 322 Å². The molecule has 3 atom stereocenters. The molecule has 12 nitrogen and oxygen atoms in total. The Morgan fingerprint density at radius 1 is 0.815 bits per heavy atom. The van der Waals surface area contributed by atoms with Crippen LogP contribution in [-0.2, 0) is 23.8 Å². The number of aliphatic carboxylic acids is 1. The third-order valence-corrected chi connectivity index (χ3v) is 10.5. The van der Waals surface area contributed by atoms with E-state index < -0.39 is 71.2 Å². The van der Waals surface area contributed by atoms with Crippen molar-refractivity contribution in [1.82, 2.24) is 15.5 Å². The van der Waals surface area contributed by atoms with E-state index in [1.807, 2.05) is 91.0 Å². The van der Waals surface area contributed by atoms with Crippen molar-refractivity contribution >= 4 is 42.9 Å². The van der Waals surface area contributed by atoms with E-state index >= 15 is 0 Å². The van der Waals surface area contributed by atoms with Crippen LogP contribution in [0.1, 0.15) is 71.1 Å². The lowest BCUT2D eigenvalue weighted by molar-refractivity contribution is -0.152. The first-order chi connectivity index (χ1) is 25.3. The normalized spacial score (nSPS) is 18.2. The quantitative estimate of drug-likeness (QED) is 0.108. The maximum Gasteiger partial charge on any atom is 0.451 e. The van der Waals surface area contributed by atoms with Gasteiger partial charge in [-0.15, -0.1) is 11.8 Å². The summed E-state index contributed by atoms with van der Waals surface area (Å²) in [5.74, 6) is -2.53. The molecule has 54 heavy (non-hydrogen) atoms. The molecule has 14 heteroatoms. The number of carboxylic acid groups (broad SMARTS) is 1. The molecule has 0 radical (unpaired) electrons. The smallest absolute Gasteiger partial charge is 0.451 e. The van der Waals surface area contributed by atoms with Crippen molar-refractivity contribution in [3.05, 3.63) is 108 Å². The van der Waals surface area contributed by atoms with Gasteiger partial charge in [0.1, 0.15) is 17.2 Å². The molecule has 290 valence electrons. The molecule has 1 aliphatic rings. The van der Waals surface area contributed by atoms with Gasteiger partial charge in [0.25, 0.3) is 0 Å². The van der Waals surface area contributed by atoms with E-state index in [1.165, 1.54) is 16.7 Å². The van der Waals surface area contributed by atoms with Gasteiger partial charge in [-0.2, -0.15) is 0 Å². The minimum Gasteiger partial charge on any atom is -0.479 e. The molecule has 0 spiro atoms. The number of benzene rings is 3. The van der Waals surface area contributed by atoms with E-state index in [4.69, 9.17) is 9.47 Å². The molecule has 1 aliphatic heterocycles. The highest BCUT2D eigenvalue weighted by Gasteiger charge is 2.50. The lowest BCUT2D eigenvalue weighted by atomic mass is 9.75. The van der Waals surface area contributed by atoms with Crippen LogP contribution in [0.15, 0.2) is 91.0 Å². The highest BCUT2D eigenvalue weighted by atomic mass is 32.2. The molecular formula is C40H52BN3O9S. The summed E-state index contributed by atoms with van der Waals surface area (Å²) in [6.07, 6.45) is -1.85. The monoisotopic (exact) mass is 761 g/mol. The number of hydrogen-bond donors (Lipinski definition) is 5. The predicted molar refractivity (Wildman–Crippen MR) is 209 cm³/mol. The summed E-state index contributed by atoms with van der Waals surface area (Å²) in [5, 5.41) is 35.3. The number of hydrogen-bond acceptors (Lipinski definition) is 9. The molecule has 1 saturated heterocycles. The number of amides is 3. The zero-order chi connectivity index (χ0) is 39.7. The van der Waals surface area contributed by atoms with E-state index in [9.17, 15) is 34.3 Å². The molecule has 5 N–H and O–H groups in total. The Hall–Kier alpha value is -4.53. The number of likely N-dealkylation sites (tertiary alicyclic amines) is 1. The number of nitrogens with one attached hydrogen (secondary N) is 2. The van der Waals surface area contributed by atoms with E-state index in [-0.39, 0.29) is 31.5 Å². The summed E-state index contributed by atoms with van der Waals surface area (Å²) in [6.45, 7) is 9.66. The molecule has 4 rings (SSSR count). The van der Waals surface area contributed by atoms with Gasteiger partial charge in [0.15, 0.2) is 5.54 Å². The number of thioether (sulfide) groups is 1. The van der Waals surface area contributed by atoms with Crippen molar-refractivity contribution in [2.45, 2.75) is 88.2 Å². The number of alkyl carbamates (subject to hydrolysis) is 2. The largest absolute Gasteiger partial charge is 0.479 e. The van der Waals surface area contributed by atoms with Crippen LogP contribution in [0, 0.1) is 5.92 Å². The first-order valence-electron chi connectivity index (χ1n) is 18.0. The van der Waals surface area contributed by atoms with Crippen LogP contribution in [0.2, 0.25) is 6.32 Å². The van der Waals surface area contributed by atoms with Crippen LogP contribution in [0.5, 0.6) is 0 Å². The van der Waals surface area contributed by atoms with Crippen LogP contribution in [-0.4, -0.2) is 92.9 Å². The average Bonchev–Trinajstić information content (AvgIpc) is 3.09. The van der Waals surface area contributed by atoms with Crippen LogP contribution < -0.4 is 10.6 Å². The van der Waals surface area contributed by atoms with Gasteiger partial charge >= 0.3 is 25.3 Å². The first-order valence-corrected chi connectivity index (χ1v) is 19.0. The van der Waals surface area contributed by atoms with Gasteiger partial charge in [-0.3, -0.25) is 4.79 Å². The van der Waals surface area contributed by atoms with Gasteiger partial charge in [-0.25, -0.2) is 14.4 Å². The summed E-state index contributed by atoms with van der Waals surface area (Å²) in [6, 6.07) is 28.3. The fraction of sp³-hybridized carbons (Fsp3) is 0.450. The SMILES string of the molecule is CC(C)(C)OC(=O)NC(CSC(c1ccccc1)(c1ccccc1)c1ccccc1)C(=O)N1C[C@@H](CCB(O)O)C[C@](NC(=O)OC(C)(C)C)(C(=O)O)C1. The van der Waals surface area contributed by atoms with Crippen LogP contribution in [0.4, 0.5) is 9.59 Å². The number of piperidine rings is 1. The second kappa shape index (κ2) is 17.7. The Morgan fingerprint density at radius 3 is 1.70 bits per heavy atom. The van der Waals surface area contributed by atoms with Crippen molar-refractivity contribution < 1.29 is 43.8 Å². The lowest BCUT2D eigenvalue weighted by Gasteiger charge is -2.45. The van der Waals surface area contributed by atoms with Crippen molar-refractivity contribution in [3.8, 4) is 0 Å². The molecule has 0 bridgehead atoms. The molecule has 3 amide bonds. The third kappa shape index (κ3) is 11.2. The zero-order valence-corrected chi connectivity index (χ0v) is 32.6. The molecular weight excluding hydrogens is 709 g/mol. The highest BCUT2D eigenvalue weighted by Crippen LogP contribution is 2.48. The van der Waals surface area contributed by atoms with Gasteiger partial charge in [0.05, 0.1) is 11.3 Å². The number of rotatable bonds is 13. The lowest BCUT2D eigenvalue weighted by Crippen LogP contribution is -2.67. The van der Waals surface area contributed by atoms with E-state index in [0.717, 1.165) is 16.7 Å². The predicted octanol–water partition coefficient (Wildman–Crippen LogP) is 5.66. The zero-order valence-electron chi connectivity index (χ0n) is 31.8. The Kier molecular flexibility index (Phi) is 13.9. The molecule has 1 unspecified atom stereocenters. The average molecular weight is 762 g/mol.